The van der Waals surface area contributed by atoms with Gasteiger partial charge in [0.1, 0.15) is 0 Å². The van der Waals surface area contributed by atoms with E-state index < -0.39 is 0 Å². The number of anilines is 1. The monoisotopic (exact) mass is 251 g/mol. The molecule has 1 saturated carbocycles. The highest BCUT2D eigenvalue weighted by Gasteiger charge is 2.22. The number of rotatable bonds is 3. The van der Waals surface area contributed by atoms with Crippen molar-refractivity contribution in [3.05, 3.63) is 23.5 Å². The van der Waals surface area contributed by atoms with Crippen LogP contribution in [0.3, 0.4) is 0 Å². The predicted octanol–water partition coefficient (Wildman–Crippen LogP) is 4.06. The Labute approximate surface area is 108 Å². The number of halogens is 1. The molecule has 0 bridgehead atoms. The standard InChI is InChI=1S/C15H22FNO/c1-3-11-4-6-12(7-5-11)18-15-8-10(2)14(17)9-13(15)16/h8-9,11-12H,3-7,17H2,1-2H3. The summed E-state index contributed by atoms with van der Waals surface area (Å²) < 4.78 is 19.5. The quantitative estimate of drug-likeness (QED) is 0.822. The van der Waals surface area contributed by atoms with Gasteiger partial charge in [-0.1, -0.05) is 13.3 Å². The number of ether oxygens (including phenoxy) is 1. The molecular weight excluding hydrogens is 229 g/mol. The van der Waals surface area contributed by atoms with Crippen LogP contribution in [0.4, 0.5) is 10.1 Å². The highest BCUT2D eigenvalue weighted by Crippen LogP contribution is 2.31. The fraction of sp³-hybridized carbons (Fsp3) is 0.600. The van der Waals surface area contributed by atoms with Gasteiger partial charge in [0.2, 0.25) is 0 Å². The van der Waals surface area contributed by atoms with Gasteiger partial charge in [-0.2, -0.15) is 0 Å². The van der Waals surface area contributed by atoms with Gasteiger partial charge in [0.15, 0.2) is 11.6 Å². The number of aryl methyl sites for hydroxylation is 1. The molecule has 2 nitrogen and oxygen atoms in total. The minimum absolute atomic E-state index is 0.158. The van der Waals surface area contributed by atoms with Crippen molar-refractivity contribution >= 4 is 5.69 Å². The Morgan fingerprint density at radius 1 is 1.28 bits per heavy atom. The Bertz CT molecular complexity index is 411. The molecular formula is C15H22FNO. The first-order valence-electron chi connectivity index (χ1n) is 6.82. The van der Waals surface area contributed by atoms with Gasteiger partial charge in [0, 0.05) is 11.8 Å². The summed E-state index contributed by atoms with van der Waals surface area (Å²) in [6.07, 6.45) is 5.84. The molecule has 0 aliphatic heterocycles. The Hall–Kier alpha value is -1.25. The zero-order valence-corrected chi connectivity index (χ0v) is 11.2. The molecule has 1 aromatic carbocycles. The van der Waals surface area contributed by atoms with Gasteiger partial charge in [-0.3, -0.25) is 0 Å². The lowest BCUT2D eigenvalue weighted by molar-refractivity contribution is 0.125. The average molecular weight is 251 g/mol. The summed E-state index contributed by atoms with van der Waals surface area (Å²) in [4.78, 5) is 0. The molecule has 0 aromatic heterocycles. The molecule has 1 fully saturated rings. The van der Waals surface area contributed by atoms with E-state index in [1.807, 2.05) is 6.92 Å². The van der Waals surface area contributed by atoms with Crippen LogP contribution in [0.1, 0.15) is 44.6 Å². The Kier molecular flexibility index (Phi) is 4.10. The van der Waals surface area contributed by atoms with E-state index in [1.165, 1.54) is 25.3 Å². The minimum Gasteiger partial charge on any atom is -0.487 e. The van der Waals surface area contributed by atoms with Gasteiger partial charge in [0.05, 0.1) is 6.10 Å². The molecule has 1 aromatic rings. The summed E-state index contributed by atoms with van der Waals surface area (Å²) in [6.45, 7) is 4.10. The number of benzene rings is 1. The van der Waals surface area contributed by atoms with Gasteiger partial charge in [0.25, 0.3) is 0 Å². The van der Waals surface area contributed by atoms with Gasteiger partial charge >= 0.3 is 0 Å². The molecule has 0 amide bonds. The van der Waals surface area contributed by atoms with Crippen LogP contribution in [0.2, 0.25) is 0 Å². The first-order chi connectivity index (χ1) is 8.60. The predicted molar refractivity (Wildman–Crippen MR) is 72.2 cm³/mol. The highest BCUT2D eigenvalue weighted by atomic mass is 19.1. The van der Waals surface area contributed by atoms with Crippen molar-refractivity contribution in [2.24, 2.45) is 5.92 Å². The van der Waals surface area contributed by atoms with Gasteiger partial charge < -0.3 is 10.5 Å². The minimum atomic E-state index is -0.351. The molecule has 3 heteroatoms. The summed E-state index contributed by atoms with van der Waals surface area (Å²) in [7, 11) is 0. The molecule has 0 saturated heterocycles. The van der Waals surface area contributed by atoms with E-state index in [2.05, 4.69) is 6.92 Å². The van der Waals surface area contributed by atoms with Crippen LogP contribution in [0.15, 0.2) is 12.1 Å². The third kappa shape index (κ3) is 2.95. The van der Waals surface area contributed by atoms with Crippen LogP contribution in [-0.4, -0.2) is 6.10 Å². The zero-order valence-electron chi connectivity index (χ0n) is 11.2. The van der Waals surface area contributed by atoms with Crippen molar-refractivity contribution in [3.8, 4) is 5.75 Å². The lowest BCUT2D eigenvalue weighted by atomic mass is 9.86. The Morgan fingerprint density at radius 2 is 1.94 bits per heavy atom. The topological polar surface area (TPSA) is 35.2 Å². The van der Waals surface area contributed by atoms with Crippen molar-refractivity contribution in [3.63, 3.8) is 0 Å². The second kappa shape index (κ2) is 5.59. The van der Waals surface area contributed by atoms with Crippen molar-refractivity contribution < 1.29 is 9.13 Å². The van der Waals surface area contributed by atoms with Gasteiger partial charge in [-0.05, 0) is 50.2 Å². The van der Waals surface area contributed by atoms with Crippen molar-refractivity contribution in [1.82, 2.24) is 0 Å². The molecule has 18 heavy (non-hydrogen) atoms. The third-order valence-corrected chi connectivity index (χ3v) is 3.99. The summed E-state index contributed by atoms with van der Waals surface area (Å²) in [5, 5.41) is 0. The largest absolute Gasteiger partial charge is 0.487 e. The van der Waals surface area contributed by atoms with Crippen molar-refractivity contribution in [1.29, 1.82) is 0 Å². The highest BCUT2D eigenvalue weighted by molar-refractivity contribution is 5.50. The maximum Gasteiger partial charge on any atom is 0.167 e. The summed E-state index contributed by atoms with van der Waals surface area (Å²) >= 11 is 0. The maximum atomic E-state index is 13.7. The van der Waals surface area contributed by atoms with E-state index in [4.69, 9.17) is 10.5 Å². The molecule has 1 aliphatic rings. The fourth-order valence-electron chi connectivity index (χ4n) is 2.60. The third-order valence-electron chi connectivity index (χ3n) is 3.99. The number of nitrogen functional groups attached to an aromatic ring is 1. The average Bonchev–Trinajstić information content (AvgIpc) is 2.37. The second-order valence-electron chi connectivity index (χ2n) is 5.31. The molecule has 100 valence electrons. The zero-order chi connectivity index (χ0) is 13.1. The first-order valence-corrected chi connectivity index (χ1v) is 6.82. The van der Waals surface area contributed by atoms with Crippen LogP contribution in [0.5, 0.6) is 5.75 Å². The number of nitrogens with two attached hydrogens (primary N) is 1. The molecule has 1 aliphatic carbocycles. The Balaban J connectivity index is 2.00. The summed E-state index contributed by atoms with van der Waals surface area (Å²) in [5.41, 5.74) is 7.01. The van der Waals surface area contributed by atoms with E-state index in [0.29, 0.717) is 11.4 Å². The maximum absolute atomic E-state index is 13.7. The van der Waals surface area contributed by atoms with Gasteiger partial charge in [-0.25, -0.2) is 4.39 Å². The smallest absolute Gasteiger partial charge is 0.167 e. The SMILES string of the molecule is CCC1CCC(Oc2cc(C)c(N)cc2F)CC1. The van der Waals surface area contributed by atoms with E-state index in [1.54, 1.807) is 6.07 Å². The lowest BCUT2D eigenvalue weighted by Crippen LogP contribution is -2.24. The molecule has 0 radical (unpaired) electrons. The van der Waals surface area contributed by atoms with Gasteiger partial charge in [-0.15, -0.1) is 0 Å². The molecule has 0 unspecified atom stereocenters. The molecule has 0 spiro atoms. The summed E-state index contributed by atoms with van der Waals surface area (Å²) in [5.74, 6) is 0.820. The normalized spacial score (nSPS) is 23.9. The van der Waals surface area contributed by atoms with Crippen molar-refractivity contribution in [2.45, 2.75) is 52.1 Å². The molecule has 2 N–H and O–H groups in total. The van der Waals surface area contributed by atoms with E-state index in [9.17, 15) is 4.39 Å². The van der Waals surface area contributed by atoms with E-state index >= 15 is 0 Å². The molecule has 0 heterocycles. The van der Waals surface area contributed by atoms with Crippen LogP contribution < -0.4 is 10.5 Å². The number of hydrogen-bond donors (Lipinski definition) is 1. The van der Waals surface area contributed by atoms with Crippen LogP contribution in [0, 0.1) is 18.7 Å². The van der Waals surface area contributed by atoms with E-state index in [0.717, 1.165) is 24.3 Å². The van der Waals surface area contributed by atoms with Crippen LogP contribution in [-0.2, 0) is 0 Å². The van der Waals surface area contributed by atoms with E-state index in [-0.39, 0.29) is 11.9 Å². The molecule has 0 atom stereocenters. The second-order valence-corrected chi connectivity index (χ2v) is 5.31. The first kappa shape index (κ1) is 13.2. The molecule has 2 rings (SSSR count). The Morgan fingerprint density at radius 3 is 2.56 bits per heavy atom. The number of hydrogen-bond acceptors (Lipinski definition) is 2. The lowest BCUT2D eigenvalue weighted by Gasteiger charge is -2.28. The fourth-order valence-corrected chi connectivity index (χ4v) is 2.60. The van der Waals surface area contributed by atoms with Crippen molar-refractivity contribution in [2.75, 3.05) is 5.73 Å². The van der Waals surface area contributed by atoms with Crippen LogP contribution >= 0.6 is 0 Å². The van der Waals surface area contributed by atoms with Crippen LogP contribution in [0.25, 0.3) is 0 Å². The summed E-state index contributed by atoms with van der Waals surface area (Å²) in [6, 6.07) is 3.05.